The number of amides is 1. The first-order valence-electron chi connectivity index (χ1n) is 6.87. The highest BCUT2D eigenvalue weighted by atomic mass is 35.5. The number of nitrogens with one attached hydrogen (secondary N) is 1. The predicted octanol–water partition coefficient (Wildman–Crippen LogP) is 2.11. The van der Waals surface area contributed by atoms with Crippen molar-refractivity contribution < 1.29 is 4.79 Å². The van der Waals surface area contributed by atoms with Crippen LogP contribution < -0.4 is 11.1 Å². The summed E-state index contributed by atoms with van der Waals surface area (Å²) in [5.41, 5.74) is 6.52. The molecule has 1 fully saturated rings. The fourth-order valence-corrected chi connectivity index (χ4v) is 2.50. The van der Waals surface area contributed by atoms with E-state index in [0.29, 0.717) is 24.0 Å². The van der Waals surface area contributed by atoms with Gasteiger partial charge in [0.25, 0.3) is 5.91 Å². The summed E-state index contributed by atoms with van der Waals surface area (Å²) in [6, 6.07) is 4.02. The smallest absolute Gasteiger partial charge is 0.269 e. The Balaban J connectivity index is 0.00000200. The highest BCUT2D eigenvalue weighted by Crippen LogP contribution is 2.21. The molecule has 0 spiro atoms. The molecule has 0 aliphatic heterocycles. The molecule has 21 heavy (non-hydrogen) atoms. The number of hydrogen-bond donors (Lipinski definition) is 2. The maximum absolute atomic E-state index is 11.8. The van der Waals surface area contributed by atoms with Crippen LogP contribution in [0.2, 0.25) is 0 Å². The van der Waals surface area contributed by atoms with Crippen LogP contribution in [0.4, 0.5) is 5.69 Å². The van der Waals surface area contributed by atoms with Gasteiger partial charge in [0.1, 0.15) is 5.69 Å². The van der Waals surface area contributed by atoms with Crippen molar-refractivity contribution in [3.8, 4) is 0 Å². The Kier molecular flexibility index (Phi) is 9.33. The van der Waals surface area contributed by atoms with Gasteiger partial charge in [-0.3, -0.25) is 4.79 Å². The number of aromatic nitrogens is 1. The molecule has 7 heteroatoms. The van der Waals surface area contributed by atoms with E-state index in [1.54, 1.807) is 12.1 Å². The van der Waals surface area contributed by atoms with E-state index in [1.165, 1.54) is 31.9 Å². The summed E-state index contributed by atoms with van der Waals surface area (Å²) in [5, 5.41) is 2.89. The lowest BCUT2D eigenvalue weighted by Crippen LogP contribution is -2.37. The zero-order valence-corrected chi connectivity index (χ0v) is 13.9. The minimum Gasteiger partial charge on any atom is -0.397 e. The van der Waals surface area contributed by atoms with Crippen LogP contribution in [0.5, 0.6) is 0 Å². The van der Waals surface area contributed by atoms with Crippen molar-refractivity contribution in [2.45, 2.75) is 31.7 Å². The Hall–Kier alpha value is -1.04. The lowest BCUT2D eigenvalue weighted by atomic mass is 10.2. The second kappa shape index (κ2) is 9.82. The summed E-state index contributed by atoms with van der Waals surface area (Å²) in [4.78, 5) is 18.2. The summed E-state index contributed by atoms with van der Waals surface area (Å²) in [6.07, 6.45) is 6.72. The first-order valence-corrected chi connectivity index (χ1v) is 6.87. The lowest BCUT2D eigenvalue weighted by Gasteiger charge is -2.23. The molecule has 1 saturated carbocycles. The van der Waals surface area contributed by atoms with Crippen molar-refractivity contribution in [3.63, 3.8) is 0 Å². The fraction of sp³-hybridized carbons (Fsp3) is 0.571. The Labute approximate surface area is 138 Å². The van der Waals surface area contributed by atoms with Gasteiger partial charge in [0.15, 0.2) is 0 Å². The third-order valence-electron chi connectivity index (χ3n) is 3.72. The van der Waals surface area contributed by atoms with Gasteiger partial charge in [-0.2, -0.15) is 0 Å². The Bertz CT molecular complexity index is 421. The molecule has 2 rings (SSSR count). The van der Waals surface area contributed by atoms with Crippen molar-refractivity contribution in [1.82, 2.24) is 15.2 Å². The molecule has 0 saturated heterocycles. The Morgan fingerprint density at radius 2 is 2.05 bits per heavy atom. The quantitative estimate of drug-likeness (QED) is 0.865. The van der Waals surface area contributed by atoms with Crippen LogP contribution in [0.25, 0.3) is 0 Å². The number of nitrogens with two attached hydrogens (primary N) is 1. The summed E-state index contributed by atoms with van der Waals surface area (Å²) in [6.45, 7) is 1.53. The minimum atomic E-state index is -0.139. The number of rotatable bonds is 5. The van der Waals surface area contributed by atoms with Gasteiger partial charge in [0.05, 0.1) is 11.9 Å². The van der Waals surface area contributed by atoms with E-state index < -0.39 is 0 Å². The number of anilines is 1. The minimum absolute atomic E-state index is 0. The third kappa shape index (κ3) is 6.08. The summed E-state index contributed by atoms with van der Waals surface area (Å²) >= 11 is 0. The first-order chi connectivity index (χ1) is 9.16. The molecule has 0 atom stereocenters. The van der Waals surface area contributed by atoms with Crippen LogP contribution in [0, 0.1) is 0 Å². The Morgan fingerprint density at radius 3 is 2.62 bits per heavy atom. The monoisotopic (exact) mass is 334 g/mol. The van der Waals surface area contributed by atoms with Gasteiger partial charge in [-0.1, -0.05) is 12.8 Å². The summed E-state index contributed by atoms with van der Waals surface area (Å²) < 4.78 is 0. The molecular weight excluding hydrogens is 311 g/mol. The van der Waals surface area contributed by atoms with Crippen molar-refractivity contribution in [1.29, 1.82) is 0 Å². The van der Waals surface area contributed by atoms with Crippen molar-refractivity contribution in [3.05, 3.63) is 24.0 Å². The zero-order valence-electron chi connectivity index (χ0n) is 12.2. The zero-order chi connectivity index (χ0) is 13.7. The molecule has 0 radical (unpaired) electrons. The lowest BCUT2D eigenvalue weighted by molar-refractivity contribution is 0.0942. The standard InChI is InChI=1S/C14H22N4O.2ClH/c1-18(12-4-2-3-5-12)9-8-16-14(19)13-7-6-11(15)10-17-13;;/h6-7,10,12H,2-5,8-9,15H2,1H3,(H,16,19);2*1H. The van der Waals surface area contributed by atoms with Crippen molar-refractivity contribution >= 4 is 36.4 Å². The number of likely N-dealkylation sites (N-methyl/N-ethyl adjacent to an activating group) is 1. The van der Waals surface area contributed by atoms with Crippen molar-refractivity contribution in [2.75, 3.05) is 25.9 Å². The summed E-state index contributed by atoms with van der Waals surface area (Å²) in [7, 11) is 2.13. The van der Waals surface area contributed by atoms with Gasteiger partial charge in [0.2, 0.25) is 0 Å². The molecule has 0 unspecified atom stereocenters. The van der Waals surface area contributed by atoms with E-state index in [9.17, 15) is 4.79 Å². The molecule has 1 aromatic heterocycles. The largest absolute Gasteiger partial charge is 0.397 e. The maximum Gasteiger partial charge on any atom is 0.269 e. The van der Waals surface area contributed by atoms with Crippen LogP contribution >= 0.6 is 24.8 Å². The average molecular weight is 335 g/mol. The van der Waals surface area contributed by atoms with Gasteiger partial charge in [-0.05, 0) is 32.0 Å². The molecule has 3 N–H and O–H groups in total. The van der Waals surface area contributed by atoms with E-state index in [0.717, 1.165) is 6.54 Å². The SMILES string of the molecule is CN(CCNC(=O)c1ccc(N)cn1)C1CCCC1.Cl.Cl. The highest BCUT2D eigenvalue weighted by Gasteiger charge is 2.19. The molecule has 1 amide bonds. The number of nitrogen functional groups attached to an aromatic ring is 1. The van der Waals surface area contributed by atoms with Crippen LogP contribution in [0.1, 0.15) is 36.2 Å². The van der Waals surface area contributed by atoms with Gasteiger partial charge >= 0.3 is 0 Å². The van der Waals surface area contributed by atoms with Gasteiger partial charge in [0, 0.05) is 19.1 Å². The third-order valence-corrected chi connectivity index (χ3v) is 3.72. The van der Waals surface area contributed by atoms with Gasteiger partial charge in [-0.25, -0.2) is 4.98 Å². The number of carbonyl (C=O) groups excluding carboxylic acids is 1. The fourth-order valence-electron chi connectivity index (χ4n) is 2.50. The van der Waals surface area contributed by atoms with Crippen molar-refractivity contribution in [2.24, 2.45) is 0 Å². The van der Waals surface area contributed by atoms with Crippen LogP contribution in [0.15, 0.2) is 18.3 Å². The average Bonchev–Trinajstić information content (AvgIpc) is 2.93. The molecule has 120 valence electrons. The second-order valence-corrected chi connectivity index (χ2v) is 5.15. The topological polar surface area (TPSA) is 71.2 Å². The van der Waals surface area contributed by atoms with E-state index in [1.807, 2.05) is 0 Å². The maximum atomic E-state index is 11.8. The highest BCUT2D eigenvalue weighted by molar-refractivity contribution is 5.92. The number of carbonyl (C=O) groups is 1. The second-order valence-electron chi connectivity index (χ2n) is 5.15. The first kappa shape index (κ1) is 20.0. The molecule has 1 aliphatic carbocycles. The van der Waals surface area contributed by atoms with Crippen LogP contribution in [-0.4, -0.2) is 42.0 Å². The number of nitrogens with zero attached hydrogens (tertiary/aromatic N) is 2. The molecule has 0 bridgehead atoms. The number of hydrogen-bond acceptors (Lipinski definition) is 4. The Morgan fingerprint density at radius 1 is 1.38 bits per heavy atom. The van der Waals surface area contributed by atoms with E-state index in [4.69, 9.17) is 5.73 Å². The van der Waals surface area contributed by atoms with E-state index >= 15 is 0 Å². The van der Waals surface area contributed by atoms with Gasteiger partial charge in [-0.15, -0.1) is 24.8 Å². The number of halogens is 2. The van der Waals surface area contributed by atoms with Gasteiger partial charge < -0.3 is 16.0 Å². The predicted molar refractivity (Wildman–Crippen MR) is 90.4 cm³/mol. The van der Waals surface area contributed by atoms with E-state index in [2.05, 4.69) is 22.2 Å². The molecular formula is C14H24Cl2N4O. The molecule has 0 aromatic carbocycles. The summed E-state index contributed by atoms with van der Waals surface area (Å²) in [5.74, 6) is -0.139. The molecule has 5 nitrogen and oxygen atoms in total. The number of pyridine rings is 1. The van der Waals surface area contributed by atoms with E-state index in [-0.39, 0.29) is 30.7 Å². The molecule has 1 aromatic rings. The normalized spacial score (nSPS) is 14.4. The van der Waals surface area contributed by atoms with Crippen LogP contribution in [0.3, 0.4) is 0 Å². The molecule has 1 aliphatic rings. The molecule has 1 heterocycles. The van der Waals surface area contributed by atoms with Crippen LogP contribution in [-0.2, 0) is 0 Å².